The molecule has 1 aromatic carbocycles. The average Bonchev–Trinajstić information content (AvgIpc) is 3.54. The summed E-state index contributed by atoms with van der Waals surface area (Å²) in [6.45, 7) is 7.34. The Bertz CT molecular complexity index is 1760. The number of nitrogens with zero attached hydrogens (tertiary/aromatic N) is 4. The van der Waals surface area contributed by atoms with Crippen LogP contribution in [0, 0.1) is 12.7 Å². The third kappa shape index (κ3) is 5.34. The third-order valence-corrected chi connectivity index (χ3v) is 9.61. The monoisotopic (exact) mass is 597 g/mol. The van der Waals surface area contributed by atoms with Crippen molar-refractivity contribution in [1.29, 1.82) is 0 Å². The minimum absolute atomic E-state index is 0.0477. The van der Waals surface area contributed by atoms with Crippen molar-refractivity contribution in [3.63, 3.8) is 0 Å². The Kier molecular flexibility index (Phi) is 7.30. The van der Waals surface area contributed by atoms with Crippen LogP contribution in [0.3, 0.4) is 0 Å². The zero-order chi connectivity index (χ0) is 28.9. The van der Waals surface area contributed by atoms with Crippen molar-refractivity contribution in [2.45, 2.75) is 63.1 Å². The van der Waals surface area contributed by atoms with Gasteiger partial charge in [-0.25, -0.2) is 19.3 Å². The number of anilines is 2. The number of nitrogens with one attached hydrogen (secondary N) is 2. The molecule has 1 saturated heterocycles. The molecule has 216 valence electrons. The first-order chi connectivity index (χ1) is 19.6. The lowest BCUT2D eigenvalue weighted by atomic mass is 9.92. The summed E-state index contributed by atoms with van der Waals surface area (Å²) in [6, 6.07) is 5.13. The third-order valence-electron chi connectivity index (χ3n) is 7.44. The van der Waals surface area contributed by atoms with Gasteiger partial charge in [-0.05, 0) is 43.9 Å². The quantitative estimate of drug-likeness (QED) is 0.265. The molecule has 0 spiro atoms. The maximum atomic E-state index is 15.3. The molecule has 13 heteroatoms. The molecule has 2 aliphatic rings. The van der Waals surface area contributed by atoms with Gasteiger partial charge in [0.2, 0.25) is 0 Å². The molecular weight excluding hydrogens is 565 g/mol. The Labute approximate surface area is 241 Å². The van der Waals surface area contributed by atoms with E-state index in [1.54, 1.807) is 19.2 Å². The SMILES string of the molecule is Cc1nc(S(=O)(=O)Nc2ccc(-c3nc(C(C)C)n4c(C5=CCC(NC6COC6)CC5)cnc(N)c34)cc2F)cs1. The number of thiazole rings is 1. The van der Waals surface area contributed by atoms with E-state index in [9.17, 15) is 8.42 Å². The molecule has 1 unspecified atom stereocenters. The molecule has 41 heavy (non-hydrogen) atoms. The molecule has 0 saturated carbocycles. The molecule has 1 aliphatic carbocycles. The second kappa shape index (κ2) is 10.8. The number of aryl methyl sites for hydroxylation is 1. The maximum absolute atomic E-state index is 15.3. The van der Waals surface area contributed by atoms with Crippen LogP contribution >= 0.6 is 11.3 Å². The number of nitrogen functional groups attached to an aromatic ring is 1. The van der Waals surface area contributed by atoms with Gasteiger partial charge >= 0.3 is 0 Å². The maximum Gasteiger partial charge on any atom is 0.280 e. The fourth-order valence-corrected chi connectivity index (χ4v) is 7.28. The number of benzene rings is 1. The zero-order valence-electron chi connectivity index (χ0n) is 23.0. The Morgan fingerprint density at radius 3 is 2.63 bits per heavy atom. The van der Waals surface area contributed by atoms with Crippen LogP contribution in [0.25, 0.3) is 22.3 Å². The summed E-state index contributed by atoms with van der Waals surface area (Å²) in [5, 5.41) is 5.53. The number of fused-ring (bicyclic) bond motifs is 1. The molecule has 1 aliphatic heterocycles. The van der Waals surface area contributed by atoms with Crippen LogP contribution in [0.5, 0.6) is 0 Å². The summed E-state index contributed by atoms with van der Waals surface area (Å²) in [6.07, 6.45) is 6.81. The minimum atomic E-state index is -4.03. The van der Waals surface area contributed by atoms with Gasteiger partial charge in [0.1, 0.15) is 28.7 Å². The van der Waals surface area contributed by atoms with Crippen molar-refractivity contribution < 1.29 is 17.5 Å². The summed E-state index contributed by atoms with van der Waals surface area (Å²) in [5.41, 5.74) is 9.89. The van der Waals surface area contributed by atoms with E-state index in [0.717, 1.165) is 44.0 Å². The fourth-order valence-electron chi connectivity index (χ4n) is 5.27. The molecule has 6 rings (SSSR count). The van der Waals surface area contributed by atoms with E-state index in [-0.39, 0.29) is 22.4 Å². The summed E-state index contributed by atoms with van der Waals surface area (Å²) in [5.74, 6) is 0.383. The van der Waals surface area contributed by atoms with E-state index in [1.807, 2.05) is 18.2 Å². The highest BCUT2D eigenvalue weighted by atomic mass is 32.2. The highest BCUT2D eigenvalue weighted by Gasteiger charge is 2.27. The molecule has 4 heterocycles. The summed E-state index contributed by atoms with van der Waals surface area (Å²) in [7, 11) is -4.03. The van der Waals surface area contributed by atoms with Gasteiger partial charge in [0.25, 0.3) is 10.0 Å². The molecule has 0 amide bonds. The first kappa shape index (κ1) is 27.8. The number of ether oxygens (including phenoxy) is 1. The number of halogens is 1. The molecule has 1 atom stereocenters. The molecule has 3 aromatic heterocycles. The lowest BCUT2D eigenvalue weighted by Crippen LogP contribution is -2.50. The Morgan fingerprint density at radius 2 is 2.02 bits per heavy atom. The summed E-state index contributed by atoms with van der Waals surface area (Å²) >= 11 is 1.21. The van der Waals surface area contributed by atoms with Gasteiger partial charge in [-0.2, -0.15) is 8.42 Å². The van der Waals surface area contributed by atoms with E-state index in [0.29, 0.717) is 33.9 Å². The molecule has 1 fully saturated rings. The van der Waals surface area contributed by atoms with E-state index in [2.05, 4.69) is 26.1 Å². The van der Waals surface area contributed by atoms with Crippen LogP contribution in [-0.4, -0.2) is 53.1 Å². The number of imidazole rings is 1. The standard InChI is InChI=1S/C28H32FN7O3S2/c1-15(2)28-34-25(18-6-9-22(21(29)10-18)35-41(37,38)24-14-40-16(3)32-24)26-27(30)31-11-23(36(26)28)17-4-7-19(8-5-17)33-20-12-39-13-20/h4,6,9-11,14-15,19-20,33,35H,5,7-8,12-13H2,1-3H3,(H2,30,31). The van der Waals surface area contributed by atoms with Crippen molar-refractivity contribution in [3.8, 4) is 11.3 Å². The second-order valence-corrected chi connectivity index (χ2v) is 13.5. The number of allylic oxidation sites excluding steroid dienone is 1. The number of rotatable bonds is 8. The smallest absolute Gasteiger partial charge is 0.280 e. The van der Waals surface area contributed by atoms with Gasteiger partial charge in [0.05, 0.1) is 41.8 Å². The van der Waals surface area contributed by atoms with Gasteiger partial charge in [-0.15, -0.1) is 11.3 Å². The van der Waals surface area contributed by atoms with E-state index in [1.165, 1.54) is 34.4 Å². The van der Waals surface area contributed by atoms with Gasteiger partial charge in [-0.1, -0.05) is 26.0 Å². The minimum Gasteiger partial charge on any atom is -0.382 e. The van der Waals surface area contributed by atoms with Crippen LogP contribution < -0.4 is 15.8 Å². The van der Waals surface area contributed by atoms with Crippen LogP contribution in [-0.2, 0) is 14.8 Å². The van der Waals surface area contributed by atoms with Crippen LogP contribution in [0.15, 0.2) is 40.9 Å². The number of nitrogens with two attached hydrogens (primary N) is 1. The second-order valence-electron chi connectivity index (χ2n) is 10.8. The number of hydrogen-bond donors (Lipinski definition) is 3. The summed E-state index contributed by atoms with van der Waals surface area (Å²) in [4.78, 5) is 13.4. The normalized spacial score (nSPS) is 18.1. The molecule has 10 nitrogen and oxygen atoms in total. The topological polar surface area (TPSA) is 137 Å². The van der Waals surface area contributed by atoms with Crippen molar-refractivity contribution >= 4 is 44.0 Å². The summed E-state index contributed by atoms with van der Waals surface area (Å²) < 4.78 is 50.4. The van der Waals surface area contributed by atoms with E-state index in [4.69, 9.17) is 15.5 Å². The lowest BCUT2D eigenvalue weighted by Gasteiger charge is -2.33. The highest BCUT2D eigenvalue weighted by molar-refractivity contribution is 7.92. The van der Waals surface area contributed by atoms with Crippen LogP contribution in [0.2, 0.25) is 0 Å². The largest absolute Gasteiger partial charge is 0.382 e. The fraction of sp³-hybridized carbons (Fsp3) is 0.393. The van der Waals surface area contributed by atoms with Crippen LogP contribution in [0.4, 0.5) is 15.9 Å². The number of aromatic nitrogens is 4. The van der Waals surface area contributed by atoms with Crippen molar-refractivity contribution in [3.05, 3.63) is 58.2 Å². The highest BCUT2D eigenvalue weighted by Crippen LogP contribution is 2.36. The van der Waals surface area contributed by atoms with E-state index >= 15 is 4.39 Å². The van der Waals surface area contributed by atoms with Gasteiger partial charge in [-0.3, -0.25) is 9.12 Å². The predicted molar refractivity (Wildman–Crippen MR) is 158 cm³/mol. The van der Waals surface area contributed by atoms with Gasteiger partial charge < -0.3 is 15.8 Å². The average molecular weight is 598 g/mol. The van der Waals surface area contributed by atoms with Gasteiger partial charge in [0, 0.05) is 22.9 Å². The van der Waals surface area contributed by atoms with Crippen molar-refractivity contribution in [2.24, 2.45) is 0 Å². The van der Waals surface area contributed by atoms with Gasteiger partial charge in [0.15, 0.2) is 5.03 Å². The Morgan fingerprint density at radius 1 is 1.22 bits per heavy atom. The predicted octanol–water partition coefficient (Wildman–Crippen LogP) is 4.73. The van der Waals surface area contributed by atoms with Crippen molar-refractivity contribution in [1.82, 2.24) is 24.7 Å². The Balaban J connectivity index is 1.36. The van der Waals surface area contributed by atoms with Crippen molar-refractivity contribution in [2.75, 3.05) is 23.7 Å². The first-order valence-electron chi connectivity index (χ1n) is 13.6. The number of sulfonamides is 1. The molecular formula is C28H32FN7O3S2. The molecule has 4 N–H and O–H groups in total. The molecule has 0 bridgehead atoms. The molecule has 0 radical (unpaired) electrons. The molecule has 4 aromatic rings. The number of hydrogen-bond acceptors (Lipinski definition) is 9. The first-order valence-corrected chi connectivity index (χ1v) is 15.9. The van der Waals surface area contributed by atoms with Crippen LogP contribution in [0.1, 0.15) is 55.6 Å². The zero-order valence-corrected chi connectivity index (χ0v) is 24.7. The van der Waals surface area contributed by atoms with E-state index < -0.39 is 15.8 Å². The Hall–Kier alpha value is -3.39. The lowest BCUT2D eigenvalue weighted by molar-refractivity contribution is -0.0103.